The number of fused-ring (bicyclic) bond motifs is 1. The number of hydrogen-bond acceptors (Lipinski definition) is 2. The normalized spacial score (nSPS) is 10.7. The molecule has 0 aliphatic carbocycles. The number of allylic oxidation sites excluding steroid dienone is 3. The van der Waals surface area contributed by atoms with Crippen molar-refractivity contribution in [3.63, 3.8) is 0 Å². The van der Waals surface area contributed by atoms with E-state index in [2.05, 4.69) is 33.7 Å². The Morgan fingerprint density at radius 2 is 1.95 bits per heavy atom. The number of aromatic nitrogens is 2. The van der Waals surface area contributed by atoms with Gasteiger partial charge in [0, 0.05) is 5.39 Å². The second-order valence-corrected chi connectivity index (χ2v) is 5.72. The minimum atomic E-state index is 0.481. The summed E-state index contributed by atoms with van der Waals surface area (Å²) in [4.78, 5) is 11.1. The lowest BCUT2D eigenvalue weighted by atomic mass is 10.0. The highest BCUT2D eigenvalue weighted by Crippen LogP contribution is 2.31. The summed E-state index contributed by atoms with van der Waals surface area (Å²) in [6, 6.07) is 6.03. The maximum Gasteiger partial charge on any atom is 0.170 e. The topological polar surface area (TPSA) is 34.9 Å². The molecule has 22 heavy (non-hydrogen) atoms. The fraction of sp³-hybridized carbons (Fsp3) is 0.294. The van der Waals surface area contributed by atoms with Crippen LogP contribution in [0.4, 0.5) is 0 Å². The minimum absolute atomic E-state index is 0.481. The van der Waals surface area contributed by atoms with Gasteiger partial charge in [-0.05, 0) is 52.2 Å². The molecule has 1 aromatic carbocycles. The smallest absolute Gasteiger partial charge is 0.170 e. The average molecular weight is 430 g/mol. The average Bonchev–Trinajstić information content (AvgIpc) is 2.97. The number of rotatable bonds is 4. The van der Waals surface area contributed by atoms with Crippen LogP contribution >= 0.6 is 28.4 Å². The number of benzene rings is 1. The standard InChI is InChI=1S/C13H12IN2OP.2C2H6/c1-3-9(4-2)10-5-6-13-11(7-10)12(8-17)15-16(13)18-14;2*1-2/h3-8,18H,1H2,2H3;2*1-2H3/b9-4+;;. The molecular formula is C17H24IN2OP. The van der Waals surface area contributed by atoms with Crippen molar-refractivity contribution in [1.29, 1.82) is 0 Å². The number of nitrogens with zero attached hydrogens (tertiary/aromatic N) is 2. The van der Waals surface area contributed by atoms with E-state index in [9.17, 15) is 4.79 Å². The summed E-state index contributed by atoms with van der Waals surface area (Å²) in [6.45, 7) is 13.8. The first-order valence-corrected chi connectivity index (χ1v) is 11.4. The zero-order chi connectivity index (χ0) is 17.1. The van der Waals surface area contributed by atoms with Crippen molar-refractivity contribution < 1.29 is 4.79 Å². The van der Waals surface area contributed by atoms with E-state index in [1.165, 1.54) is 0 Å². The van der Waals surface area contributed by atoms with Crippen LogP contribution in [0.15, 0.2) is 36.9 Å². The van der Waals surface area contributed by atoms with Gasteiger partial charge in [-0.15, -0.1) is 0 Å². The lowest BCUT2D eigenvalue weighted by molar-refractivity contribution is 0.112. The van der Waals surface area contributed by atoms with Crippen molar-refractivity contribution in [2.24, 2.45) is 0 Å². The van der Waals surface area contributed by atoms with E-state index in [1.807, 2.05) is 69.4 Å². The molecule has 0 spiro atoms. The van der Waals surface area contributed by atoms with Crippen LogP contribution in [0.1, 0.15) is 50.7 Å². The van der Waals surface area contributed by atoms with Crippen molar-refractivity contribution >= 4 is 51.2 Å². The fourth-order valence-corrected chi connectivity index (χ4v) is 3.41. The molecule has 0 saturated heterocycles. The molecule has 0 fully saturated rings. The van der Waals surface area contributed by atoms with Crippen molar-refractivity contribution in [2.75, 3.05) is 0 Å². The number of aldehydes is 1. The maximum atomic E-state index is 11.1. The SMILES string of the molecule is C=C/C(=C\C)c1ccc2c(c1)c(C=O)nn2PI.CC.CC. The minimum Gasteiger partial charge on any atom is -0.296 e. The van der Waals surface area contributed by atoms with Crippen LogP contribution in [0.3, 0.4) is 0 Å². The van der Waals surface area contributed by atoms with E-state index < -0.39 is 0 Å². The zero-order valence-electron chi connectivity index (χ0n) is 13.9. The lowest BCUT2D eigenvalue weighted by Crippen LogP contribution is -1.84. The van der Waals surface area contributed by atoms with Gasteiger partial charge in [-0.1, -0.05) is 52.5 Å². The van der Waals surface area contributed by atoms with Gasteiger partial charge in [0.1, 0.15) is 5.69 Å². The molecule has 2 aromatic rings. The summed E-state index contributed by atoms with van der Waals surface area (Å²) >= 11 is 2.25. The van der Waals surface area contributed by atoms with E-state index in [-0.39, 0.29) is 0 Å². The molecule has 0 aliphatic rings. The second-order valence-electron chi connectivity index (χ2n) is 3.68. The van der Waals surface area contributed by atoms with Crippen molar-refractivity contribution in [2.45, 2.75) is 34.6 Å². The Balaban J connectivity index is 0.00000102. The molecule has 0 aliphatic heterocycles. The van der Waals surface area contributed by atoms with Crippen molar-refractivity contribution in [3.05, 3.63) is 48.2 Å². The van der Waals surface area contributed by atoms with E-state index in [0.29, 0.717) is 12.1 Å². The van der Waals surface area contributed by atoms with Gasteiger partial charge >= 0.3 is 0 Å². The van der Waals surface area contributed by atoms with Crippen LogP contribution in [0, 0.1) is 0 Å². The van der Waals surface area contributed by atoms with E-state index in [1.54, 1.807) is 0 Å². The summed E-state index contributed by atoms with van der Waals surface area (Å²) in [6.07, 6.45) is 5.10. The summed E-state index contributed by atoms with van der Waals surface area (Å²) in [7, 11) is 0. The molecule has 1 aromatic heterocycles. The number of carbonyl (C=O) groups excluding carboxylic acids is 1. The predicted octanol–water partition coefficient (Wildman–Crippen LogP) is 6.28. The summed E-state index contributed by atoms with van der Waals surface area (Å²) in [5.41, 5.74) is 3.60. The third kappa shape index (κ3) is 4.75. The first-order valence-electron chi connectivity index (χ1n) is 7.39. The van der Waals surface area contributed by atoms with E-state index >= 15 is 0 Å². The lowest BCUT2D eigenvalue weighted by Gasteiger charge is -2.02. The van der Waals surface area contributed by atoms with Gasteiger partial charge in [-0.2, -0.15) is 5.10 Å². The predicted molar refractivity (Wildman–Crippen MR) is 109 cm³/mol. The maximum absolute atomic E-state index is 11.1. The Hall–Kier alpha value is -1.000. The highest BCUT2D eigenvalue weighted by Gasteiger charge is 2.10. The Bertz CT molecular complexity index is 647. The second kappa shape index (κ2) is 11.6. The van der Waals surface area contributed by atoms with Crippen LogP contribution < -0.4 is 0 Å². The first kappa shape index (κ1) is 21.0. The highest BCUT2D eigenvalue weighted by atomic mass is 127. The van der Waals surface area contributed by atoms with Gasteiger partial charge in [-0.25, -0.2) is 4.45 Å². The van der Waals surface area contributed by atoms with Crippen LogP contribution in [-0.4, -0.2) is 15.8 Å². The third-order valence-corrected chi connectivity index (χ3v) is 4.64. The molecular weight excluding hydrogens is 406 g/mol. The molecule has 0 amide bonds. The Kier molecular flexibility index (Phi) is 11.0. The molecule has 1 atom stereocenters. The number of hydrogen-bond donors (Lipinski definition) is 0. The van der Waals surface area contributed by atoms with Gasteiger partial charge in [0.2, 0.25) is 0 Å². The monoisotopic (exact) mass is 430 g/mol. The molecule has 1 unspecified atom stereocenters. The van der Waals surface area contributed by atoms with Crippen LogP contribution in [-0.2, 0) is 0 Å². The Morgan fingerprint density at radius 3 is 2.41 bits per heavy atom. The molecule has 0 saturated carbocycles. The molecule has 0 N–H and O–H groups in total. The summed E-state index contributed by atoms with van der Waals surface area (Å²) in [5, 5.41) is 5.18. The van der Waals surface area contributed by atoms with Crippen LogP contribution in [0.5, 0.6) is 0 Å². The van der Waals surface area contributed by atoms with Crippen LogP contribution in [0.2, 0.25) is 0 Å². The van der Waals surface area contributed by atoms with Crippen molar-refractivity contribution in [3.8, 4) is 0 Å². The zero-order valence-corrected chi connectivity index (χ0v) is 17.0. The molecule has 3 nitrogen and oxygen atoms in total. The number of halogens is 1. The summed E-state index contributed by atoms with van der Waals surface area (Å²) in [5.74, 6) is 0. The fourth-order valence-electron chi connectivity index (χ4n) is 1.87. The first-order chi connectivity index (χ1) is 10.7. The van der Waals surface area contributed by atoms with Gasteiger partial charge in [0.15, 0.2) is 6.29 Å². The van der Waals surface area contributed by atoms with E-state index in [0.717, 1.165) is 28.3 Å². The quantitative estimate of drug-likeness (QED) is 0.248. The molecule has 0 bridgehead atoms. The van der Waals surface area contributed by atoms with Gasteiger partial charge in [0.25, 0.3) is 0 Å². The van der Waals surface area contributed by atoms with Crippen molar-refractivity contribution in [1.82, 2.24) is 9.55 Å². The molecule has 5 heteroatoms. The summed E-state index contributed by atoms with van der Waals surface area (Å²) < 4.78 is 1.85. The molecule has 120 valence electrons. The van der Waals surface area contributed by atoms with Gasteiger partial charge < -0.3 is 0 Å². The van der Waals surface area contributed by atoms with Gasteiger partial charge in [-0.3, -0.25) is 4.79 Å². The van der Waals surface area contributed by atoms with Gasteiger partial charge in [0.05, 0.1) is 11.9 Å². The van der Waals surface area contributed by atoms with Crippen LogP contribution in [0.25, 0.3) is 16.5 Å². The molecule has 1 heterocycles. The Morgan fingerprint density at radius 1 is 1.32 bits per heavy atom. The largest absolute Gasteiger partial charge is 0.296 e. The number of carbonyl (C=O) groups is 1. The third-order valence-electron chi connectivity index (χ3n) is 2.76. The Labute approximate surface area is 148 Å². The molecule has 0 radical (unpaired) electrons. The molecule has 2 rings (SSSR count). The van der Waals surface area contributed by atoms with E-state index in [4.69, 9.17) is 0 Å². The highest BCUT2D eigenvalue weighted by molar-refractivity contribution is 14.2.